The number of anilines is 2. The quantitative estimate of drug-likeness (QED) is 0.666. The van der Waals surface area contributed by atoms with Gasteiger partial charge in [0.25, 0.3) is 0 Å². The molecule has 0 spiro atoms. The molecule has 120 valence electrons. The Bertz CT molecular complexity index is 811. The van der Waals surface area contributed by atoms with Crippen LogP contribution in [0.15, 0.2) is 18.5 Å². The van der Waals surface area contributed by atoms with E-state index in [0.717, 1.165) is 35.5 Å². The molecule has 0 aromatic carbocycles. The van der Waals surface area contributed by atoms with E-state index in [1.807, 2.05) is 12.1 Å². The number of rotatable bonds is 5. The summed E-state index contributed by atoms with van der Waals surface area (Å²) in [7, 11) is 3.70. The third-order valence-electron chi connectivity index (χ3n) is 3.91. The molecule has 0 atom stereocenters. The number of fused-ring (bicyclic) bond motifs is 1. The van der Waals surface area contributed by atoms with Crippen LogP contribution in [-0.4, -0.2) is 62.5 Å². The second-order valence-corrected chi connectivity index (χ2v) is 6.15. The summed E-state index contributed by atoms with van der Waals surface area (Å²) in [6.07, 6.45) is 1.61. The standard InChI is InChI=1S/C13H16N8OS/c1-19(13-15-10(7-22-2)18-23-13)9-5-20(6-9)12-4-3-11-16-14-8-21(11)17-12/h3-4,8-9H,5-7H2,1-2H3. The Kier molecular flexibility index (Phi) is 3.54. The highest BCUT2D eigenvalue weighted by molar-refractivity contribution is 7.09. The van der Waals surface area contributed by atoms with Crippen molar-refractivity contribution in [2.75, 3.05) is 37.0 Å². The van der Waals surface area contributed by atoms with Gasteiger partial charge in [0.2, 0.25) is 5.13 Å². The van der Waals surface area contributed by atoms with Crippen molar-refractivity contribution in [1.82, 2.24) is 29.2 Å². The van der Waals surface area contributed by atoms with Gasteiger partial charge in [-0.15, -0.1) is 15.3 Å². The van der Waals surface area contributed by atoms with Crippen molar-refractivity contribution in [2.45, 2.75) is 12.6 Å². The third-order valence-corrected chi connectivity index (χ3v) is 4.76. The van der Waals surface area contributed by atoms with Crippen LogP contribution in [0.4, 0.5) is 10.9 Å². The molecule has 0 unspecified atom stereocenters. The van der Waals surface area contributed by atoms with Crippen LogP contribution < -0.4 is 9.80 Å². The predicted octanol–water partition coefficient (Wildman–Crippen LogP) is 0.447. The number of aromatic nitrogens is 6. The van der Waals surface area contributed by atoms with Crippen LogP contribution in [0.5, 0.6) is 0 Å². The molecule has 4 rings (SSSR count). The summed E-state index contributed by atoms with van der Waals surface area (Å²) in [6.45, 7) is 2.25. The first-order valence-electron chi connectivity index (χ1n) is 7.21. The van der Waals surface area contributed by atoms with E-state index in [1.165, 1.54) is 11.5 Å². The summed E-state index contributed by atoms with van der Waals surface area (Å²) < 4.78 is 11.0. The van der Waals surface area contributed by atoms with Crippen LogP contribution in [0, 0.1) is 0 Å². The highest BCUT2D eigenvalue weighted by atomic mass is 32.1. The Hall–Kier alpha value is -2.33. The highest BCUT2D eigenvalue weighted by Crippen LogP contribution is 2.26. The smallest absolute Gasteiger partial charge is 0.205 e. The van der Waals surface area contributed by atoms with Crippen molar-refractivity contribution >= 4 is 28.1 Å². The first kappa shape index (κ1) is 14.3. The topological polar surface area (TPSA) is 84.6 Å². The first-order chi connectivity index (χ1) is 11.2. The van der Waals surface area contributed by atoms with Crippen molar-refractivity contribution in [3.63, 3.8) is 0 Å². The van der Waals surface area contributed by atoms with E-state index in [0.29, 0.717) is 12.6 Å². The van der Waals surface area contributed by atoms with E-state index >= 15 is 0 Å². The molecule has 1 aliphatic heterocycles. The SMILES string of the molecule is COCc1nsc(N(C)C2CN(c3ccc4nncn4n3)C2)n1. The molecule has 0 N–H and O–H groups in total. The molecule has 10 heteroatoms. The van der Waals surface area contributed by atoms with Gasteiger partial charge in [0.05, 0.1) is 6.04 Å². The van der Waals surface area contributed by atoms with Gasteiger partial charge in [0.15, 0.2) is 11.5 Å². The second-order valence-electron chi connectivity index (χ2n) is 5.42. The van der Waals surface area contributed by atoms with Crippen molar-refractivity contribution in [3.05, 3.63) is 24.3 Å². The van der Waals surface area contributed by atoms with Crippen molar-refractivity contribution in [3.8, 4) is 0 Å². The number of hydrogen-bond donors (Lipinski definition) is 0. The maximum absolute atomic E-state index is 5.06. The van der Waals surface area contributed by atoms with Gasteiger partial charge in [0.1, 0.15) is 18.8 Å². The molecule has 1 aliphatic rings. The van der Waals surface area contributed by atoms with E-state index in [-0.39, 0.29) is 0 Å². The molecule has 0 saturated carbocycles. The molecular weight excluding hydrogens is 316 g/mol. The van der Waals surface area contributed by atoms with Crippen molar-refractivity contribution < 1.29 is 4.74 Å². The molecular formula is C13H16N8OS. The van der Waals surface area contributed by atoms with Gasteiger partial charge in [-0.25, -0.2) is 4.98 Å². The van der Waals surface area contributed by atoms with Gasteiger partial charge in [-0.1, -0.05) is 0 Å². The lowest BCUT2D eigenvalue weighted by Gasteiger charge is -2.44. The second kappa shape index (κ2) is 5.70. The molecule has 3 aromatic rings. The Morgan fingerprint density at radius 3 is 3.09 bits per heavy atom. The Morgan fingerprint density at radius 1 is 1.39 bits per heavy atom. The number of hydrogen-bond acceptors (Lipinski definition) is 9. The van der Waals surface area contributed by atoms with E-state index in [9.17, 15) is 0 Å². The molecule has 1 fully saturated rings. The zero-order valence-electron chi connectivity index (χ0n) is 12.8. The van der Waals surface area contributed by atoms with Crippen LogP contribution in [0.25, 0.3) is 5.65 Å². The summed E-state index contributed by atoms with van der Waals surface area (Å²) in [6, 6.07) is 4.30. The summed E-state index contributed by atoms with van der Waals surface area (Å²) in [5, 5.41) is 13.2. The zero-order valence-corrected chi connectivity index (χ0v) is 13.6. The summed E-state index contributed by atoms with van der Waals surface area (Å²) in [4.78, 5) is 8.88. The largest absolute Gasteiger partial charge is 0.377 e. The van der Waals surface area contributed by atoms with Gasteiger partial charge < -0.3 is 14.5 Å². The Balaban J connectivity index is 1.41. The number of methoxy groups -OCH3 is 1. The molecule has 0 bridgehead atoms. The third kappa shape index (κ3) is 2.59. The fourth-order valence-electron chi connectivity index (χ4n) is 2.51. The van der Waals surface area contributed by atoms with Gasteiger partial charge in [-0.2, -0.15) is 8.89 Å². The van der Waals surface area contributed by atoms with Crippen LogP contribution >= 0.6 is 11.5 Å². The maximum Gasteiger partial charge on any atom is 0.205 e. The Morgan fingerprint density at radius 2 is 2.26 bits per heavy atom. The fourth-order valence-corrected chi connectivity index (χ4v) is 3.21. The average molecular weight is 332 g/mol. The lowest BCUT2D eigenvalue weighted by Crippen LogP contribution is -2.59. The average Bonchev–Trinajstić information content (AvgIpc) is 3.14. The first-order valence-corrected chi connectivity index (χ1v) is 7.98. The van der Waals surface area contributed by atoms with E-state index in [4.69, 9.17) is 4.74 Å². The summed E-state index contributed by atoms with van der Waals surface area (Å²) in [5.74, 6) is 1.66. The molecule has 0 radical (unpaired) electrons. The molecule has 3 aromatic heterocycles. The van der Waals surface area contributed by atoms with Gasteiger partial charge in [-0.05, 0) is 12.1 Å². The Labute approximate surface area is 136 Å². The molecule has 1 saturated heterocycles. The molecule has 9 nitrogen and oxygen atoms in total. The maximum atomic E-state index is 5.06. The lowest BCUT2D eigenvalue weighted by atomic mass is 10.1. The normalized spacial score (nSPS) is 15.1. The minimum absolute atomic E-state index is 0.400. The zero-order chi connectivity index (χ0) is 15.8. The number of likely N-dealkylation sites (N-methyl/N-ethyl adjacent to an activating group) is 1. The molecule has 23 heavy (non-hydrogen) atoms. The van der Waals surface area contributed by atoms with Gasteiger partial charge >= 0.3 is 0 Å². The molecule has 4 heterocycles. The van der Waals surface area contributed by atoms with Crippen molar-refractivity contribution in [2.24, 2.45) is 0 Å². The van der Waals surface area contributed by atoms with E-state index in [2.05, 4.69) is 41.5 Å². The van der Waals surface area contributed by atoms with E-state index in [1.54, 1.807) is 18.0 Å². The summed E-state index contributed by atoms with van der Waals surface area (Å²) >= 11 is 1.41. The van der Waals surface area contributed by atoms with Crippen LogP contribution in [0.3, 0.4) is 0 Å². The summed E-state index contributed by atoms with van der Waals surface area (Å²) in [5.41, 5.74) is 0.752. The molecule has 0 amide bonds. The highest BCUT2D eigenvalue weighted by Gasteiger charge is 2.32. The van der Waals surface area contributed by atoms with Crippen LogP contribution in [0.2, 0.25) is 0 Å². The van der Waals surface area contributed by atoms with Crippen LogP contribution in [-0.2, 0) is 11.3 Å². The predicted molar refractivity (Wildman–Crippen MR) is 85.8 cm³/mol. The fraction of sp³-hybridized carbons (Fsp3) is 0.462. The minimum Gasteiger partial charge on any atom is -0.377 e. The van der Waals surface area contributed by atoms with Crippen LogP contribution in [0.1, 0.15) is 5.82 Å². The number of ether oxygens (including phenoxy) is 1. The van der Waals surface area contributed by atoms with E-state index < -0.39 is 0 Å². The van der Waals surface area contributed by atoms with Gasteiger partial charge in [0, 0.05) is 38.8 Å². The minimum atomic E-state index is 0.400. The lowest BCUT2D eigenvalue weighted by molar-refractivity contribution is 0.179. The van der Waals surface area contributed by atoms with Gasteiger partial charge in [-0.3, -0.25) is 0 Å². The monoisotopic (exact) mass is 332 g/mol. The number of nitrogens with zero attached hydrogens (tertiary/aromatic N) is 8. The van der Waals surface area contributed by atoms with Crippen molar-refractivity contribution in [1.29, 1.82) is 0 Å². The molecule has 0 aliphatic carbocycles.